The number of methoxy groups -OCH3 is 2. The number of nitrogens with zero attached hydrogens (tertiary/aromatic N) is 1. The zero-order chi connectivity index (χ0) is 18.5. The zero-order valence-electron chi connectivity index (χ0n) is 14.9. The molecule has 0 saturated carbocycles. The minimum atomic E-state index is -0.267. The number of furan rings is 1. The lowest BCUT2D eigenvalue weighted by Crippen LogP contribution is -2.43. The van der Waals surface area contributed by atoms with Crippen LogP contribution >= 0.6 is 0 Å². The van der Waals surface area contributed by atoms with Gasteiger partial charge in [0, 0.05) is 37.0 Å². The number of piperidine rings is 1. The number of nitrogens with one attached hydrogen (secondary N) is 1. The standard InChI is InChI=1S/C19H22N2O5/c1-24-16-8-15(9-17(10-16)25-2)20-18(22)13-4-3-6-21(11-13)19(23)14-5-7-26-12-14/h5,7-10,12-13H,3-4,6,11H2,1-2H3,(H,20,22)/t13-/m0/s1. The van der Waals surface area contributed by atoms with Crippen molar-refractivity contribution in [3.05, 3.63) is 42.4 Å². The second-order valence-corrected chi connectivity index (χ2v) is 6.19. The average molecular weight is 358 g/mol. The lowest BCUT2D eigenvalue weighted by atomic mass is 9.96. The van der Waals surface area contributed by atoms with Gasteiger partial charge in [0.1, 0.15) is 17.8 Å². The van der Waals surface area contributed by atoms with Crippen molar-refractivity contribution in [3.63, 3.8) is 0 Å². The van der Waals surface area contributed by atoms with Gasteiger partial charge in [0.05, 0.1) is 32.0 Å². The van der Waals surface area contributed by atoms with Gasteiger partial charge in [0.25, 0.3) is 5.91 Å². The molecule has 1 aliphatic rings. The van der Waals surface area contributed by atoms with Crippen LogP contribution in [0.25, 0.3) is 0 Å². The monoisotopic (exact) mass is 358 g/mol. The van der Waals surface area contributed by atoms with E-state index in [2.05, 4.69) is 5.32 Å². The minimum absolute atomic E-state index is 0.112. The first-order chi connectivity index (χ1) is 12.6. The molecule has 1 aliphatic heterocycles. The Labute approximate surface area is 151 Å². The quantitative estimate of drug-likeness (QED) is 0.889. The Balaban J connectivity index is 1.67. The highest BCUT2D eigenvalue weighted by Gasteiger charge is 2.29. The molecule has 1 saturated heterocycles. The maximum Gasteiger partial charge on any atom is 0.257 e. The summed E-state index contributed by atoms with van der Waals surface area (Å²) in [4.78, 5) is 26.8. The molecule has 2 aromatic rings. The van der Waals surface area contributed by atoms with E-state index < -0.39 is 0 Å². The fraction of sp³-hybridized carbons (Fsp3) is 0.368. The Hall–Kier alpha value is -2.96. The number of hydrogen-bond donors (Lipinski definition) is 1. The molecule has 7 heteroatoms. The molecular weight excluding hydrogens is 336 g/mol. The fourth-order valence-electron chi connectivity index (χ4n) is 3.07. The first kappa shape index (κ1) is 17.8. The molecule has 26 heavy (non-hydrogen) atoms. The Morgan fingerprint density at radius 3 is 2.54 bits per heavy atom. The van der Waals surface area contributed by atoms with Crippen molar-refractivity contribution >= 4 is 17.5 Å². The molecule has 0 bridgehead atoms. The van der Waals surface area contributed by atoms with Crippen LogP contribution in [0.2, 0.25) is 0 Å². The summed E-state index contributed by atoms with van der Waals surface area (Å²) < 4.78 is 15.4. The smallest absolute Gasteiger partial charge is 0.257 e. The van der Waals surface area contributed by atoms with Gasteiger partial charge in [-0.2, -0.15) is 0 Å². The highest BCUT2D eigenvalue weighted by molar-refractivity contribution is 5.96. The maximum atomic E-state index is 12.7. The molecule has 1 N–H and O–H groups in total. The van der Waals surface area contributed by atoms with Crippen LogP contribution in [0.5, 0.6) is 11.5 Å². The number of ether oxygens (including phenoxy) is 2. The molecule has 1 aromatic carbocycles. The van der Waals surface area contributed by atoms with Crippen LogP contribution in [0.4, 0.5) is 5.69 Å². The third kappa shape index (κ3) is 3.99. The van der Waals surface area contributed by atoms with E-state index in [0.717, 1.165) is 12.8 Å². The van der Waals surface area contributed by atoms with Gasteiger partial charge in [0.15, 0.2) is 0 Å². The molecule has 2 amide bonds. The summed E-state index contributed by atoms with van der Waals surface area (Å²) in [5, 5.41) is 2.90. The van der Waals surface area contributed by atoms with E-state index in [1.807, 2.05) is 0 Å². The minimum Gasteiger partial charge on any atom is -0.497 e. The molecule has 1 aromatic heterocycles. The van der Waals surface area contributed by atoms with Crippen molar-refractivity contribution in [2.24, 2.45) is 5.92 Å². The summed E-state index contributed by atoms with van der Waals surface area (Å²) in [6.45, 7) is 1.03. The number of likely N-dealkylation sites (tertiary alicyclic amines) is 1. The topological polar surface area (TPSA) is 81.0 Å². The number of carbonyl (C=O) groups excluding carboxylic acids is 2. The van der Waals surface area contributed by atoms with Crippen LogP contribution in [0.3, 0.4) is 0 Å². The third-order valence-corrected chi connectivity index (χ3v) is 4.47. The summed E-state index contributed by atoms with van der Waals surface area (Å²) in [5.74, 6) is 0.696. The molecule has 3 rings (SSSR count). The third-order valence-electron chi connectivity index (χ3n) is 4.47. The molecule has 7 nitrogen and oxygen atoms in total. The number of carbonyl (C=O) groups is 2. The first-order valence-electron chi connectivity index (χ1n) is 8.46. The van der Waals surface area contributed by atoms with Crippen molar-refractivity contribution in [3.8, 4) is 11.5 Å². The van der Waals surface area contributed by atoms with E-state index in [1.54, 1.807) is 43.4 Å². The van der Waals surface area contributed by atoms with Crippen LogP contribution < -0.4 is 14.8 Å². The lowest BCUT2D eigenvalue weighted by Gasteiger charge is -2.31. The summed E-state index contributed by atoms with van der Waals surface area (Å²) in [6.07, 6.45) is 4.41. The van der Waals surface area contributed by atoms with E-state index in [1.165, 1.54) is 12.5 Å². The summed E-state index contributed by atoms with van der Waals surface area (Å²) >= 11 is 0. The van der Waals surface area contributed by atoms with Gasteiger partial charge in [-0.1, -0.05) is 0 Å². The van der Waals surface area contributed by atoms with Crippen LogP contribution in [-0.2, 0) is 4.79 Å². The highest BCUT2D eigenvalue weighted by Crippen LogP contribution is 2.27. The Bertz CT molecular complexity index is 750. The number of anilines is 1. The Morgan fingerprint density at radius 1 is 1.19 bits per heavy atom. The van der Waals surface area contributed by atoms with Crippen molar-refractivity contribution in [1.29, 1.82) is 0 Å². The fourth-order valence-corrected chi connectivity index (χ4v) is 3.07. The molecule has 0 radical (unpaired) electrons. The highest BCUT2D eigenvalue weighted by atomic mass is 16.5. The van der Waals surface area contributed by atoms with E-state index in [0.29, 0.717) is 35.8 Å². The predicted octanol–water partition coefficient (Wildman–Crippen LogP) is 2.79. The van der Waals surface area contributed by atoms with Crippen molar-refractivity contribution in [2.75, 3.05) is 32.6 Å². The zero-order valence-corrected chi connectivity index (χ0v) is 14.9. The van der Waals surface area contributed by atoms with E-state index >= 15 is 0 Å². The van der Waals surface area contributed by atoms with E-state index in [4.69, 9.17) is 13.9 Å². The van der Waals surface area contributed by atoms with Gasteiger partial charge in [-0.3, -0.25) is 9.59 Å². The van der Waals surface area contributed by atoms with Crippen molar-refractivity contribution in [2.45, 2.75) is 12.8 Å². The number of rotatable bonds is 5. The molecule has 1 atom stereocenters. The van der Waals surface area contributed by atoms with Crippen molar-refractivity contribution < 1.29 is 23.5 Å². The molecule has 138 valence electrons. The van der Waals surface area contributed by atoms with Gasteiger partial charge < -0.3 is 24.1 Å². The average Bonchev–Trinajstić information content (AvgIpc) is 3.21. The molecule has 0 unspecified atom stereocenters. The van der Waals surface area contributed by atoms with Gasteiger partial charge in [-0.15, -0.1) is 0 Å². The van der Waals surface area contributed by atoms with Crippen LogP contribution in [0, 0.1) is 5.92 Å². The predicted molar refractivity (Wildman–Crippen MR) is 95.5 cm³/mol. The molecule has 0 spiro atoms. The first-order valence-corrected chi connectivity index (χ1v) is 8.46. The second-order valence-electron chi connectivity index (χ2n) is 6.19. The molecule has 1 fully saturated rings. The molecular formula is C19H22N2O5. The number of benzene rings is 1. The molecule has 2 heterocycles. The normalized spacial score (nSPS) is 16.8. The molecule has 0 aliphatic carbocycles. The maximum absolute atomic E-state index is 12.7. The van der Waals surface area contributed by atoms with Crippen LogP contribution in [0.1, 0.15) is 23.2 Å². The van der Waals surface area contributed by atoms with Crippen LogP contribution in [0.15, 0.2) is 41.2 Å². The van der Waals surface area contributed by atoms with Crippen LogP contribution in [-0.4, -0.2) is 44.0 Å². The largest absolute Gasteiger partial charge is 0.497 e. The van der Waals surface area contributed by atoms with E-state index in [-0.39, 0.29) is 17.7 Å². The van der Waals surface area contributed by atoms with Gasteiger partial charge >= 0.3 is 0 Å². The summed E-state index contributed by atoms with van der Waals surface area (Å²) in [5.41, 5.74) is 1.10. The second kappa shape index (κ2) is 7.95. The Morgan fingerprint density at radius 2 is 1.92 bits per heavy atom. The van der Waals surface area contributed by atoms with E-state index in [9.17, 15) is 9.59 Å². The lowest BCUT2D eigenvalue weighted by molar-refractivity contribution is -0.121. The Kier molecular flexibility index (Phi) is 5.46. The van der Waals surface area contributed by atoms with Crippen molar-refractivity contribution in [1.82, 2.24) is 4.90 Å². The summed E-state index contributed by atoms with van der Waals surface area (Å²) in [6, 6.07) is 6.84. The van der Waals surface area contributed by atoms with Gasteiger partial charge in [-0.05, 0) is 18.9 Å². The van der Waals surface area contributed by atoms with Gasteiger partial charge in [0.2, 0.25) is 5.91 Å². The summed E-state index contributed by atoms with van der Waals surface area (Å²) in [7, 11) is 3.11. The number of amides is 2. The number of hydrogen-bond acceptors (Lipinski definition) is 5. The SMILES string of the molecule is COc1cc(NC(=O)[C@H]2CCCN(C(=O)c3ccoc3)C2)cc(OC)c1. The van der Waals surface area contributed by atoms with Gasteiger partial charge in [-0.25, -0.2) is 0 Å².